The monoisotopic (exact) mass is 389 g/mol. The molecule has 0 radical (unpaired) electrons. The molecule has 1 unspecified atom stereocenters. The number of piperazine rings is 1. The molecule has 0 aromatic heterocycles. The number of aryl methyl sites for hydroxylation is 1. The van der Waals surface area contributed by atoms with Crippen LogP contribution in [0.5, 0.6) is 0 Å². The zero-order chi connectivity index (χ0) is 16.1. The molecule has 0 bridgehead atoms. The number of benzene rings is 1. The van der Waals surface area contributed by atoms with Crippen molar-refractivity contribution in [2.75, 3.05) is 50.8 Å². The number of amides is 1. The Morgan fingerprint density at radius 2 is 2.00 bits per heavy atom. The predicted molar refractivity (Wildman–Crippen MR) is 106 cm³/mol. The second kappa shape index (κ2) is 10.9. The van der Waals surface area contributed by atoms with Crippen LogP contribution >= 0.6 is 24.8 Å². The highest BCUT2D eigenvalue weighted by molar-refractivity contribution is 5.85. The molecule has 1 aromatic rings. The maximum absolute atomic E-state index is 12.3. The third kappa shape index (κ3) is 6.33. The fourth-order valence-electron chi connectivity index (χ4n) is 3.30. The van der Waals surface area contributed by atoms with Crippen molar-refractivity contribution >= 4 is 36.4 Å². The Morgan fingerprint density at radius 1 is 1.24 bits per heavy atom. The van der Waals surface area contributed by atoms with E-state index in [-0.39, 0.29) is 30.7 Å². The summed E-state index contributed by atoms with van der Waals surface area (Å²) >= 11 is 0. The average molecular weight is 390 g/mol. The van der Waals surface area contributed by atoms with Crippen LogP contribution in [0.2, 0.25) is 0 Å². The van der Waals surface area contributed by atoms with Crippen molar-refractivity contribution in [3.63, 3.8) is 0 Å². The normalized spacial score (nSPS) is 20.0. The molecular formula is C18H29Cl2N3O2. The maximum Gasteiger partial charge on any atom is 0.236 e. The summed E-state index contributed by atoms with van der Waals surface area (Å²) in [6.45, 7) is 7.59. The number of nitrogens with one attached hydrogen (secondary N) is 1. The van der Waals surface area contributed by atoms with Crippen LogP contribution in [0.3, 0.4) is 0 Å². The lowest BCUT2D eigenvalue weighted by Crippen LogP contribution is -2.51. The van der Waals surface area contributed by atoms with Gasteiger partial charge in [-0.05, 0) is 37.5 Å². The van der Waals surface area contributed by atoms with E-state index in [9.17, 15) is 4.79 Å². The quantitative estimate of drug-likeness (QED) is 0.838. The molecule has 0 aliphatic carbocycles. The van der Waals surface area contributed by atoms with Gasteiger partial charge in [-0.1, -0.05) is 12.1 Å². The van der Waals surface area contributed by atoms with E-state index in [0.29, 0.717) is 12.6 Å². The molecule has 1 amide bonds. The molecule has 0 spiro atoms. The summed E-state index contributed by atoms with van der Waals surface area (Å²) in [6, 6.07) is 8.56. The van der Waals surface area contributed by atoms with Gasteiger partial charge in [0.05, 0.1) is 12.6 Å². The second-order valence-electron chi connectivity index (χ2n) is 6.47. The lowest BCUT2D eigenvalue weighted by molar-refractivity contribution is -0.130. The van der Waals surface area contributed by atoms with Crippen molar-refractivity contribution in [2.24, 2.45) is 0 Å². The maximum atomic E-state index is 12.3. The lowest BCUT2D eigenvalue weighted by atomic mass is 10.2. The van der Waals surface area contributed by atoms with E-state index >= 15 is 0 Å². The minimum atomic E-state index is 0. The first-order chi connectivity index (χ1) is 11.2. The van der Waals surface area contributed by atoms with Gasteiger partial charge < -0.3 is 19.9 Å². The summed E-state index contributed by atoms with van der Waals surface area (Å²) in [7, 11) is 0. The van der Waals surface area contributed by atoms with E-state index in [1.54, 1.807) is 0 Å². The first-order valence-electron chi connectivity index (χ1n) is 8.64. The molecule has 2 aliphatic heterocycles. The molecule has 2 saturated heterocycles. The number of carbonyl (C=O) groups is 1. The van der Waals surface area contributed by atoms with Gasteiger partial charge in [0.25, 0.3) is 0 Å². The van der Waals surface area contributed by atoms with E-state index < -0.39 is 0 Å². The summed E-state index contributed by atoms with van der Waals surface area (Å²) < 4.78 is 5.56. The van der Waals surface area contributed by atoms with E-state index in [0.717, 1.165) is 52.2 Å². The van der Waals surface area contributed by atoms with Crippen LogP contribution in [0.15, 0.2) is 24.3 Å². The molecule has 2 heterocycles. The Bertz CT molecular complexity index is 531. The van der Waals surface area contributed by atoms with Crippen LogP contribution in [0, 0.1) is 6.92 Å². The molecule has 7 heteroatoms. The van der Waals surface area contributed by atoms with Crippen LogP contribution in [-0.2, 0) is 9.53 Å². The minimum Gasteiger partial charge on any atom is -0.377 e. The fourth-order valence-corrected chi connectivity index (χ4v) is 3.30. The zero-order valence-corrected chi connectivity index (χ0v) is 16.4. The van der Waals surface area contributed by atoms with E-state index in [2.05, 4.69) is 41.4 Å². The SMILES string of the molecule is Cc1cccc(N2CCN(C(=O)CNCC3CCCO3)CC2)c1.Cl.Cl. The average Bonchev–Trinajstić information content (AvgIpc) is 3.08. The summed E-state index contributed by atoms with van der Waals surface area (Å²) in [5.41, 5.74) is 2.54. The van der Waals surface area contributed by atoms with Crippen LogP contribution in [-0.4, -0.2) is 62.8 Å². The Labute approximate surface area is 162 Å². The van der Waals surface area contributed by atoms with Crippen LogP contribution < -0.4 is 10.2 Å². The zero-order valence-electron chi connectivity index (χ0n) is 14.8. The van der Waals surface area contributed by atoms with Crippen molar-refractivity contribution in [3.8, 4) is 0 Å². The standard InChI is InChI=1S/C18H27N3O2.2ClH/c1-15-4-2-5-16(12-15)20-7-9-21(10-8-20)18(22)14-19-13-17-6-3-11-23-17;;/h2,4-5,12,17,19H,3,6-11,13-14H2,1H3;2*1H. The molecule has 1 aromatic carbocycles. The van der Waals surface area contributed by atoms with E-state index in [1.807, 2.05) is 4.90 Å². The first kappa shape index (κ1) is 22.0. The molecule has 0 saturated carbocycles. The van der Waals surface area contributed by atoms with Crippen molar-refractivity contribution in [1.29, 1.82) is 0 Å². The number of halogens is 2. The van der Waals surface area contributed by atoms with Gasteiger partial charge in [-0.25, -0.2) is 0 Å². The lowest BCUT2D eigenvalue weighted by Gasteiger charge is -2.36. The summed E-state index contributed by atoms with van der Waals surface area (Å²) in [4.78, 5) is 16.6. The molecule has 1 atom stereocenters. The predicted octanol–water partition coefficient (Wildman–Crippen LogP) is 2.26. The van der Waals surface area contributed by atoms with Gasteiger partial charge in [0.2, 0.25) is 5.91 Å². The minimum absolute atomic E-state index is 0. The number of hydrogen-bond donors (Lipinski definition) is 1. The van der Waals surface area contributed by atoms with Crippen molar-refractivity contribution in [1.82, 2.24) is 10.2 Å². The first-order valence-corrected chi connectivity index (χ1v) is 8.64. The summed E-state index contributed by atoms with van der Waals surface area (Å²) in [6.07, 6.45) is 2.54. The fraction of sp³-hybridized carbons (Fsp3) is 0.611. The molecule has 2 fully saturated rings. The number of anilines is 1. The number of rotatable bonds is 5. The molecule has 2 aliphatic rings. The second-order valence-corrected chi connectivity index (χ2v) is 6.47. The van der Waals surface area contributed by atoms with Gasteiger partial charge >= 0.3 is 0 Å². The summed E-state index contributed by atoms with van der Waals surface area (Å²) in [5, 5.41) is 3.24. The highest BCUT2D eigenvalue weighted by Crippen LogP contribution is 2.17. The number of hydrogen-bond acceptors (Lipinski definition) is 4. The molecule has 5 nitrogen and oxygen atoms in total. The van der Waals surface area contributed by atoms with Gasteiger partial charge in [0, 0.05) is 45.0 Å². The number of carbonyl (C=O) groups excluding carboxylic acids is 1. The van der Waals surface area contributed by atoms with Gasteiger partial charge in [0.15, 0.2) is 0 Å². The van der Waals surface area contributed by atoms with Crippen LogP contribution in [0.1, 0.15) is 18.4 Å². The smallest absolute Gasteiger partial charge is 0.236 e. The van der Waals surface area contributed by atoms with E-state index in [4.69, 9.17) is 4.74 Å². The highest BCUT2D eigenvalue weighted by atomic mass is 35.5. The van der Waals surface area contributed by atoms with Gasteiger partial charge in [-0.3, -0.25) is 4.79 Å². The van der Waals surface area contributed by atoms with Crippen molar-refractivity contribution in [2.45, 2.75) is 25.9 Å². The Kier molecular flexibility index (Phi) is 9.57. The highest BCUT2D eigenvalue weighted by Gasteiger charge is 2.21. The molecule has 1 N–H and O–H groups in total. The largest absolute Gasteiger partial charge is 0.377 e. The van der Waals surface area contributed by atoms with Gasteiger partial charge in [-0.15, -0.1) is 24.8 Å². The number of nitrogens with zero attached hydrogens (tertiary/aromatic N) is 2. The topological polar surface area (TPSA) is 44.8 Å². The molecule has 142 valence electrons. The van der Waals surface area contributed by atoms with Gasteiger partial charge in [0.1, 0.15) is 0 Å². The van der Waals surface area contributed by atoms with E-state index in [1.165, 1.54) is 11.3 Å². The third-order valence-corrected chi connectivity index (χ3v) is 4.67. The van der Waals surface area contributed by atoms with Crippen molar-refractivity contribution < 1.29 is 9.53 Å². The van der Waals surface area contributed by atoms with Crippen LogP contribution in [0.25, 0.3) is 0 Å². The molecule has 25 heavy (non-hydrogen) atoms. The third-order valence-electron chi connectivity index (χ3n) is 4.67. The summed E-state index contributed by atoms with van der Waals surface area (Å²) in [5.74, 6) is 0.201. The molecule has 3 rings (SSSR count). The molecular weight excluding hydrogens is 361 g/mol. The van der Waals surface area contributed by atoms with Crippen molar-refractivity contribution in [3.05, 3.63) is 29.8 Å². The Hall–Kier alpha value is -1.01. The Morgan fingerprint density at radius 3 is 2.64 bits per heavy atom. The number of ether oxygens (including phenoxy) is 1. The van der Waals surface area contributed by atoms with Crippen LogP contribution in [0.4, 0.5) is 5.69 Å². The Balaban J connectivity index is 0.00000156. The van der Waals surface area contributed by atoms with Gasteiger partial charge in [-0.2, -0.15) is 0 Å².